The van der Waals surface area contributed by atoms with Crippen molar-refractivity contribution < 1.29 is 9.31 Å². The van der Waals surface area contributed by atoms with E-state index in [0.29, 0.717) is 0 Å². The second-order valence-corrected chi connectivity index (χ2v) is 8.00. The van der Waals surface area contributed by atoms with E-state index in [1.807, 2.05) is 24.3 Å². The predicted octanol–water partition coefficient (Wildman–Crippen LogP) is 6.57. The summed E-state index contributed by atoms with van der Waals surface area (Å²) in [5.41, 5.74) is 8.13. The number of nitrogens with zero attached hydrogens (tertiary/aromatic N) is 1. The maximum Gasteiger partial charge on any atom is 0.199 e. The summed E-state index contributed by atoms with van der Waals surface area (Å²) in [5, 5.41) is 0. The number of allylic oxidation sites excluding steroid dienone is 10. The molecule has 2 aromatic rings. The highest BCUT2D eigenvalue weighted by Gasteiger charge is 2.18. The van der Waals surface area contributed by atoms with E-state index in [0.717, 1.165) is 28.2 Å². The van der Waals surface area contributed by atoms with Crippen LogP contribution in [0.3, 0.4) is 0 Å². The van der Waals surface area contributed by atoms with Crippen LogP contribution in [0.5, 0.6) is 0 Å². The molecule has 0 atom stereocenters. The van der Waals surface area contributed by atoms with Gasteiger partial charge in [-0.05, 0) is 66.0 Å². The van der Waals surface area contributed by atoms with Gasteiger partial charge in [-0.25, -0.2) is 4.58 Å². The summed E-state index contributed by atoms with van der Waals surface area (Å²) >= 11 is 0. The summed E-state index contributed by atoms with van der Waals surface area (Å²) in [6.07, 6.45) is 12.9. The third kappa shape index (κ3) is 4.59. The molecule has 0 saturated heterocycles. The smallest absolute Gasteiger partial charge is 0.199 e. The van der Waals surface area contributed by atoms with Crippen LogP contribution in [-0.4, -0.2) is 24.4 Å². The van der Waals surface area contributed by atoms with Crippen molar-refractivity contribution in [1.29, 1.82) is 0 Å². The minimum absolute atomic E-state index is 0.868. The van der Waals surface area contributed by atoms with Crippen LogP contribution >= 0.6 is 0 Å². The highest BCUT2D eigenvalue weighted by atomic mass is 16.5. The van der Waals surface area contributed by atoms with Crippen LogP contribution in [0.2, 0.25) is 0 Å². The summed E-state index contributed by atoms with van der Waals surface area (Å²) in [5.74, 6) is 1.75. The van der Waals surface area contributed by atoms with Gasteiger partial charge in [-0.15, -0.1) is 0 Å². The zero-order valence-corrected chi connectivity index (χ0v) is 18.6. The Labute approximate surface area is 185 Å². The summed E-state index contributed by atoms with van der Waals surface area (Å²) in [4.78, 5) is 0. The van der Waals surface area contributed by atoms with Crippen molar-refractivity contribution in [2.45, 2.75) is 13.8 Å². The molecule has 1 aliphatic carbocycles. The van der Waals surface area contributed by atoms with E-state index in [4.69, 9.17) is 4.74 Å². The largest absolute Gasteiger partial charge is 0.456 e. The normalized spacial score (nSPS) is 17.0. The standard InChI is InChI=1S/C29H28NO/c1-21(23-15-17-27(18-16-23)30(3)4)22(2)28-19-26(24-11-7-5-8-12-24)20-29(31-28)25-13-9-6-10-14-25/h5-20H,1-4H3/q+1. The molecule has 2 aromatic carbocycles. The van der Waals surface area contributed by atoms with Crippen molar-refractivity contribution in [2.24, 2.45) is 0 Å². The first-order valence-corrected chi connectivity index (χ1v) is 10.6. The number of hydrogen-bond donors (Lipinski definition) is 0. The van der Waals surface area contributed by atoms with Crippen molar-refractivity contribution in [3.8, 4) is 0 Å². The van der Waals surface area contributed by atoms with Gasteiger partial charge in [0.1, 0.15) is 25.6 Å². The molecule has 0 radical (unpaired) electrons. The number of ether oxygens (including phenoxy) is 1. The lowest BCUT2D eigenvalue weighted by molar-refractivity contribution is -0.462. The van der Waals surface area contributed by atoms with Gasteiger partial charge >= 0.3 is 0 Å². The molecule has 4 rings (SSSR count). The zero-order chi connectivity index (χ0) is 21.8. The van der Waals surface area contributed by atoms with Gasteiger partial charge in [0.2, 0.25) is 0 Å². The molecule has 1 aliphatic heterocycles. The Bertz CT molecular complexity index is 1180. The molecule has 0 bridgehead atoms. The van der Waals surface area contributed by atoms with Gasteiger partial charge in [-0.2, -0.15) is 0 Å². The molecule has 2 aliphatic rings. The molecule has 0 spiro atoms. The lowest BCUT2D eigenvalue weighted by Crippen LogP contribution is -2.10. The maximum atomic E-state index is 6.43. The van der Waals surface area contributed by atoms with Crippen LogP contribution in [0.1, 0.15) is 25.0 Å². The Kier molecular flexibility index (Phi) is 5.99. The summed E-state index contributed by atoms with van der Waals surface area (Å²) < 4.78 is 8.54. The van der Waals surface area contributed by atoms with Gasteiger partial charge < -0.3 is 4.74 Å². The van der Waals surface area contributed by atoms with Crippen LogP contribution in [0.4, 0.5) is 0 Å². The van der Waals surface area contributed by atoms with Gasteiger partial charge in [0.15, 0.2) is 5.71 Å². The lowest BCUT2D eigenvalue weighted by atomic mass is 9.95. The average molecular weight is 407 g/mol. The molecular formula is C29H28NO+. The average Bonchev–Trinajstić information content (AvgIpc) is 2.84. The maximum absolute atomic E-state index is 6.43. The summed E-state index contributed by atoms with van der Waals surface area (Å²) in [6.45, 7) is 4.30. The Hall–Kier alpha value is -3.65. The van der Waals surface area contributed by atoms with Crippen molar-refractivity contribution >= 4 is 17.0 Å². The first-order valence-electron chi connectivity index (χ1n) is 10.6. The topological polar surface area (TPSA) is 12.2 Å². The summed E-state index contributed by atoms with van der Waals surface area (Å²) in [6, 6.07) is 20.7. The van der Waals surface area contributed by atoms with Crippen molar-refractivity contribution in [3.63, 3.8) is 0 Å². The number of rotatable bonds is 3. The minimum atomic E-state index is 0.868. The van der Waals surface area contributed by atoms with Crippen LogP contribution in [-0.2, 0) is 4.74 Å². The molecule has 2 nitrogen and oxygen atoms in total. The molecule has 1 heterocycles. The van der Waals surface area contributed by atoms with E-state index in [9.17, 15) is 0 Å². The molecule has 2 heteroatoms. The number of hydrogen-bond acceptors (Lipinski definition) is 1. The van der Waals surface area contributed by atoms with Crippen molar-refractivity contribution in [1.82, 2.24) is 0 Å². The summed E-state index contributed by atoms with van der Waals surface area (Å²) in [7, 11) is 4.12. The lowest BCUT2D eigenvalue weighted by Gasteiger charge is -2.21. The third-order valence-corrected chi connectivity index (χ3v) is 5.71. The Morgan fingerprint density at radius 2 is 1.26 bits per heavy atom. The first kappa shape index (κ1) is 20.6. The molecule has 0 aromatic heterocycles. The second kappa shape index (κ2) is 9.01. The molecule has 0 amide bonds. The van der Waals surface area contributed by atoms with E-state index in [1.165, 1.54) is 22.4 Å². The molecular weight excluding hydrogens is 378 g/mol. The Morgan fingerprint density at radius 3 is 1.84 bits per heavy atom. The SMILES string of the molecule is CC(=C1C=CC(=[N+](C)C)C=C1)C(C)=C1C=C(c2ccccc2)C=C(c2ccccc2)O1. The third-order valence-electron chi connectivity index (χ3n) is 5.71. The van der Waals surface area contributed by atoms with Crippen LogP contribution in [0.15, 0.2) is 120 Å². The molecule has 0 saturated carbocycles. The van der Waals surface area contributed by atoms with Gasteiger partial charge in [0.25, 0.3) is 0 Å². The Balaban J connectivity index is 1.79. The van der Waals surface area contributed by atoms with Crippen molar-refractivity contribution in [2.75, 3.05) is 14.1 Å². The van der Waals surface area contributed by atoms with E-state index < -0.39 is 0 Å². The molecule has 154 valence electrons. The van der Waals surface area contributed by atoms with E-state index >= 15 is 0 Å². The van der Waals surface area contributed by atoms with Crippen LogP contribution in [0, 0.1) is 0 Å². The molecule has 31 heavy (non-hydrogen) atoms. The highest BCUT2D eigenvalue weighted by Crippen LogP contribution is 2.34. The Morgan fingerprint density at radius 1 is 0.677 bits per heavy atom. The number of benzene rings is 2. The van der Waals surface area contributed by atoms with Gasteiger partial charge in [0.05, 0.1) is 0 Å². The molecule has 0 unspecified atom stereocenters. The highest BCUT2D eigenvalue weighted by molar-refractivity contribution is 6.02. The zero-order valence-electron chi connectivity index (χ0n) is 18.6. The quantitative estimate of drug-likeness (QED) is 0.525. The van der Waals surface area contributed by atoms with E-state index in [1.54, 1.807) is 0 Å². The van der Waals surface area contributed by atoms with Gasteiger partial charge in [-0.1, -0.05) is 60.7 Å². The molecule has 0 fully saturated rings. The fourth-order valence-corrected chi connectivity index (χ4v) is 3.64. The van der Waals surface area contributed by atoms with E-state index in [-0.39, 0.29) is 0 Å². The first-order chi connectivity index (χ1) is 15.0. The van der Waals surface area contributed by atoms with Crippen molar-refractivity contribution in [3.05, 3.63) is 131 Å². The van der Waals surface area contributed by atoms with Crippen LogP contribution in [0.25, 0.3) is 11.3 Å². The van der Waals surface area contributed by atoms with Gasteiger partial charge in [-0.3, -0.25) is 0 Å². The molecule has 0 N–H and O–H groups in total. The fourth-order valence-electron chi connectivity index (χ4n) is 3.64. The predicted molar refractivity (Wildman–Crippen MR) is 131 cm³/mol. The monoisotopic (exact) mass is 406 g/mol. The van der Waals surface area contributed by atoms with E-state index in [2.05, 4.69) is 105 Å². The fraction of sp³-hybridized carbons (Fsp3) is 0.138. The second-order valence-electron chi connectivity index (χ2n) is 8.00. The van der Waals surface area contributed by atoms with Gasteiger partial charge in [0, 0.05) is 17.7 Å². The minimum Gasteiger partial charge on any atom is -0.456 e. The van der Waals surface area contributed by atoms with Crippen LogP contribution < -0.4 is 0 Å².